The molecular weight excluding hydrogens is 440 g/mol. The lowest BCUT2D eigenvalue weighted by molar-refractivity contribution is 0.436. The number of piperidine rings is 2. The van der Waals surface area contributed by atoms with Crippen LogP contribution in [-0.4, -0.2) is 40.8 Å². The van der Waals surface area contributed by atoms with Gasteiger partial charge in [-0.3, -0.25) is 0 Å². The summed E-state index contributed by atoms with van der Waals surface area (Å²) in [6.45, 7) is 8.25. The molecule has 0 aliphatic carbocycles. The fourth-order valence-corrected chi connectivity index (χ4v) is 4.79. The van der Waals surface area contributed by atoms with Gasteiger partial charge in [-0.15, -0.1) is 0 Å². The number of nitrogens with one attached hydrogen (secondary N) is 2. The summed E-state index contributed by atoms with van der Waals surface area (Å²) < 4.78 is 0. The molecule has 0 spiro atoms. The molecular formula is C24H33ClN6S. The van der Waals surface area contributed by atoms with Crippen LogP contribution in [0.3, 0.4) is 0 Å². The van der Waals surface area contributed by atoms with Crippen molar-refractivity contribution in [2.45, 2.75) is 58.5 Å². The van der Waals surface area contributed by atoms with Crippen molar-refractivity contribution in [1.29, 1.82) is 0 Å². The van der Waals surface area contributed by atoms with Crippen molar-refractivity contribution in [3.05, 3.63) is 40.9 Å². The number of hydrogen-bond donors (Lipinski definition) is 2. The van der Waals surface area contributed by atoms with Gasteiger partial charge in [0.05, 0.1) is 0 Å². The second kappa shape index (κ2) is 10.7. The minimum atomic E-state index is 0.478. The van der Waals surface area contributed by atoms with E-state index < -0.39 is 0 Å². The Bertz CT molecular complexity index is 930. The van der Waals surface area contributed by atoms with Crippen LogP contribution in [0.25, 0.3) is 0 Å². The highest BCUT2D eigenvalue weighted by molar-refractivity contribution is 7.80. The van der Waals surface area contributed by atoms with E-state index in [1.807, 2.05) is 24.3 Å². The molecule has 0 bridgehead atoms. The molecule has 1 aromatic heterocycles. The Morgan fingerprint density at radius 1 is 1.06 bits per heavy atom. The first kappa shape index (κ1) is 23.1. The molecule has 2 aliphatic rings. The predicted molar refractivity (Wildman–Crippen MR) is 138 cm³/mol. The van der Waals surface area contributed by atoms with Crippen LogP contribution >= 0.6 is 23.8 Å². The molecule has 6 nitrogen and oxygen atoms in total. The van der Waals surface area contributed by atoms with Crippen LogP contribution in [0.5, 0.6) is 0 Å². The molecule has 2 N–H and O–H groups in total. The van der Waals surface area contributed by atoms with Crippen molar-refractivity contribution < 1.29 is 0 Å². The highest BCUT2D eigenvalue weighted by atomic mass is 35.5. The number of hydrogen-bond acceptors (Lipinski definition) is 5. The molecule has 4 rings (SSSR count). The third kappa shape index (κ3) is 5.81. The average molecular weight is 473 g/mol. The van der Waals surface area contributed by atoms with Crippen LogP contribution in [0.2, 0.25) is 5.02 Å². The number of nitrogens with zero attached hydrogens (tertiary/aromatic N) is 4. The van der Waals surface area contributed by atoms with Crippen LogP contribution in [0.4, 0.5) is 17.6 Å². The highest BCUT2D eigenvalue weighted by Gasteiger charge is 2.24. The lowest BCUT2D eigenvalue weighted by atomic mass is 9.99. The van der Waals surface area contributed by atoms with Crippen LogP contribution in [-0.2, 0) is 6.54 Å². The monoisotopic (exact) mass is 472 g/mol. The van der Waals surface area contributed by atoms with Crippen LogP contribution in [0.15, 0.2) is 30.3 Å². The Balaban J connectivity index is 1.51. The summed E-state index contributed by atoms with van der Waals surface area (Å²) in [4.78, 5) is 14.5. The SMILES string of the molecule is CC1CCN(c2cc(N3CCCCC3C)nc(NC(=S)NCc3ccccc3Cl)n2)CC1. The molecule has 1 aromatic carbocycles. The van der Waals surface area contributed by atoms with Crippen LogP contribution in [0, 0.1) is 5.92 Å². The maximum absolute atomic E-state index is 6.27. The number of benzene rings is 1. The molecule has 0 radical (unpaired) electrons. The number of anilines is 3. The van der Waals surface area contributed by atoms with Crippen molar-refractivity contribution in [3.63, 3.8) is 0 Å². The molecule has 172 valence electrons. The second-order valence-electron chi connectivity index (χ2n) is 9.01. The Hall–Kier alpha value is -2.12. The highest BCUT2D eigenvalue weighted by Crippen LogP contribution is 2.29. The standard InChI is InChI=1S/C24H33ClN6S/c1-17-10-13-30(14-11-17)21-15-22(31-12-6-5-7-18(31)2)28-23(27-21)29-24(32)26-16-19-8-3-4-9-20(19)25/h3-4,8-9,15,17-18H,5-7,10-14,16H2,1-2H3,(H2,26,27,28,29,32). The van der Waals surface area contributed by atoms with Gasteiger partial charge < -0.3 is 20.4 Å². The predicted octanol–water partition coefficient (Wildman–Crippen LogP) is 5.23. The van der Waals surface area contributed by atoms with Gasteiger partial charge >= 0.3 is 0 Å². The Kier molecular flexibility index (Phi) is 7.68. The third-order valence-corrected chi connectivity index (χ3v) is 7.14. The van der Waals surface area contributed by atoms with Crippen molar-refractivity contribution in [3.8, 4) is 0 Å². The molecule has 1 unspecified atom stereocenters. The van der Waals surface area contributed by atoms with Crippen LogP contribution < -0.4 is 20.4 Å². The van der Waals surface area contributed by atoms with Crippen molar-refractivity contribution in [2.75, 3.05) is 34.8 Å². The van der Waals surface area contributed by atoms with Crippen molar-refractivity contribution in [2.24, 2.45) is 5.92 Å². The van der Waals surface area contributed by atoms with Gasteiger partial charge in [0.2, 0.25) is 5.95 Å². The lowest BCUT2D eigenvalue weighted by Crippen LogP contribution is -2.39. The summed E-state index contributed by atoms with van der Waals surface area (Å²) in [6.07, 6.45) is 6.06. The smallest absolute Gasteiger partial charge is 0.232 e. The van der Waals surface area contributed by atoms with Gasteiger partial charge in [-0.25, -0.2) is 0 Å². The lowest BCUT2D eigenvalue weighted by Gasteiger charge is -2.36. The average Bonchev–Trinajstić information content (AvgIpc) is 2.79. The van der Waals surface area contributed by atoms with Gasteiger partial charge in [0.25, 0.3) is 0 Å². The molecule has 2 fully saturated rings. The molecule has 0 saturated carbocycles. The maximum Gasteiger partial charge on any atom is 0.232 e. The molecule has 2 aromatic rings. The normalized spacial score (nSPS) is 19.7. The summed E-state index contributed by atoms with van der Waals surface area (Å²) in [6, 6.07) is 10.4. The maximum atomic E-state index is 6.27. The van der Waals surface area contributed by atoms with E-state index in [9.17, 15) is 0 Å². The first-order valence-corrected chi connectivity index (χ1v) is 12.5. The summed E-state index contributed by atoms with van der Waals surface area (Å²) in [5.74, 6) is 3.28. The summed E-state index contributed by atoms with van der Waals surface area (Å²) >= 11 is 11.8. The summed E-state index contributed by atoms with van der Waals surface area (Å²) in [7, 11) is 0. The van der Waals surface area contributed by atoms with E-state index in [-0.39, 0.29) is 0 Å². The largest absolute Gasteiger partial charge is 0.358 e. The quantitative estimate of drug-likeness (QED) is 0.577. The summed E-state index contributed by atoms with van der Waals surface area (Å²) in [5, 5.41) is 7.66. The molecule has 0 amide bonds. The Morgan fingerprint density at radius 2 is 1.81 bits per heavy atom. The molecule has 8 heteroatoms. The zero-order chi connectivity index (χ0) is 22.5. The molecule has 2 aliphatic heterocycles. The van der Waals surface area contributed by atoms with Gasteiger partial charge in [0.15, 0.2) is 5.11 Å². The Labute approximate surface area is 201 Å². The van der Waals surface area contributed by atoms with E-state index in [0.29, 0.717) is 23.6 Å². The number of aromatic nitrogens is 2. The first-order valence-electron chi connectivity index (χ1n) is 11.7. The van der Waals surface area contributed by atoms with E-state index in [4.69, 9.17) is 33.8 Å². The number of rotatable bonds is 5. The Morgan fingerprint density at radius 3 is 2.56 bits per heavy atom. The van der Waals surface area contributed by atoms with Gasteiger partial charge in [-0.05, 0) is 68.8 Å². The fraction of sp³-hybridized carbons (Fsp3) is 0.542. The molecule has 1 atom stereocenters. The topological polar surface area (TPSA) is 56.3 Å². The number of halogens is 1. The molecule has 2 saturated heterocycles. The van der Waals surface area contributed by atoms with Crippen molar-refractivity contribution in [1.82, 2.24) is 15.3 Å². The minimum Gasteiger partial charge on any atom is -0.358 e. The zero-order valence-corrected chi connectivity index (χ0v) is 20.6. The molecule has 32 heavy (non-hydrogen) atoms. The van der Waals surface area contributed by atoms with E-state index in [2.05, 4.69) is 40.3 Å². The zero-order valence-electron chi connectivity index (χ0n) is 19.0. The van der Waals surface area contributed by atoms with E-state index >= 15 is 0 Å². The van der Waals surface area contributed by atoms with Gasteiger partial charge in [-0.1, -0.05) is 36.7 Å². The van der Waals surface area contributed by atoms with Crippen molar-refractivity contribution >= 4 is 46.5 Å². The fourth-order valence-electron chi connectivity index (χ4n) is 4.43. The van der Waals surface area contributed by atoms with Gasteiger partial charge in [-0.2, -0.15) is 9.97 Å². The minimum absolute atomic E-state index is 0.478. The summed E-state index contributed by atoms with van der Waals surface area (Å²) in [5.41, 5.74) is 0.998. The third-order valence-electron chi connectivity index (χ3n) is 6.53. The number of thiocarbonyl (C=S) groups is 1. The second-order valence-corrected chi connectivity index (χ2v) is 9.83. The van der Waals surface area contributed by atoms with Gasteiger partial charge in [0.1, 0.15) is 11.6 Å². The first-order chi connectivity index (χ1) is 15.5. The van der Waals surface area contributed by atoms with Crippen LogP contribution in [0.1, 0.15) is 51.5 Å². The van der Waals surface area contributed by atoms with E-state index in [0.717, 1.165) is 47.8 Å². The van der Waals surface area contributed by atoms with Gasteiger partial charge in [0, 0.05) is 43.3 Å². The van der Waals surface area contributed by atoms with E-state index in [1.54, 1.807) is 0 Å². The van der Waals surface area contributed by atoms with E-state index in [1.165, 1.54) is 32.1 Å². The molecule has 3 heterocycles.